The second kappa shape index (κ2) is 10.2. The van der Waals surface area contributed by atoms with Crippen LogP contribution in [0.1, 0.15) is 69.9 Å². The topological polar surface area (TPSA) is 81.8 Å². The Morgan fingerprint density at radius 1 is 1.06 bits per heavy atom. The van der Waals surface area contributed by atoms with Crippen molar-refractivity contribution < 1.29 is 14.4 Å². The van der Waals surface area contributed by atoms with E-state index in [2.05, 4.69) is 41.5 Å². The lowest BCUT2D eigenvalue weighted by Gasteiger charge is -2.34. The minimum atomic E-state index is -0.800. The SMILES string of the molecule is CCC1CCC2(CC1)NC(=O)N(CC(=O)NCc1ccc(CN3CCC(C)CC3)cc1)C2=O. The Morgan fingerprint density at radius 2 is 1.70 bits per heavy atom. The maximum Gasteiger partial charge on any atom is 0.325 e. The van der Waals surface area contributed by atoms with Crippen molar-refractivity contribution in [3.8, 4) is 0 Å². The van der Waals surface area contributed by atoms with Gasteiger partial charge in [-0.15, -0.1) is 0 Å². The number of amides is 4. The molecule has 7 nitrogen and oxygen atoms in total. The van der Waals surface area contributed by atoms with Crippen LogP contribution in [0.25, 0.3) is 0 Å². The van der Waals surface area contributed by atoms with Crippen molar-refractivity contribution in [2.45, 2.75) is 77.4 Å². The van der Waals surface area contributed by atoms with Crippen LogP contribution in [0.2, 0.25) is 0 Å². The number of nitrogens with zero attached hydrogens (tertiary/aromatic N) is 2. The van der Waals surface area contributed by atoms with Crippen LogP contribution in [-0.2, 0) is 22.7 Å². The minimum Gasteiger partial charge on any atom is -0.350 e. The Bertz CT molecular complexity index is 853. The molecule has 1 saturated carbocycles. The predicted octanol–water partition coefficient (Wildman–Crippen LogP) is 3.43. The molecule has 180 valence electrons. The van der Waals surface area contributed by atoms with Crippen molar-refractivity contribution in [2.24, 2.45) is 11.8 Å². The number of piperidine rings is 1. The van der Waals surface area contributed by atoms with Crippen molar-refractivity contribution >= 4 is 17.8 Å². The molecule has 2 saturated heterocycles. The molecular weight excluding hydrogens is 416 g/mol. The van der Waals surface area contributed by atoms with Crippen LogP contribution in [-0.4, -0.2) is 52.8 Å². The normalized spacial score (nSPS) is 26.6. The van der Waals surface area contributed by atoms with Gasteiger partial charge in [0.25, 0.3) is 5.91 Å². The third-order valence-corrected chi connectivity index (χ3v) is 7.88. The van der Waals surface area contributed by atoms with Gasteiger partial charge >= 0.3 is 6.03 Å². The lowest BCUT2D eigenvalue weighted by molar-refractivity contribution is -0.136. The fourth-order valence-corrected chi connectivity index (χ4v) is 5.38. The van der Waals surface area contributed by atoms with E-state index in [-0.39, 0.29) is 18.4 Å². The van der Waals surface area contributed by atoms with Crippen LogP contribution >= 0.6 is 0 Å². The molecule has 0 bridgehead atoms. The van der Waals surface area contributed by atoms with Crippen LogP contribution in [0.4, 0.5) is 4.79 Å². The number of benzene rings is 1. The van der Waals surface area contributed by atoms with E-state index < -0.39 is 11.6 Å². The van der Waals surface area contributed by atoms with Crippen molar-refractivity contribution in [1.29, 1.82) is 0 Å². The smallest absolute Gasteiger partial charge is 0.325 e. The number of likely N-dealkylation sites (tertiary alicyclic amines) is 1. The highest BCUT2D eigenvalue weighted by Crippen LogP contribution is 2.37. The Morgan fingerprint density at radius 3 is 2.33 bits per heavy atom. The zero-order valence-electron chi connectivity index (χ0n) is 20.1. The molecule has 33 heavy (non-hydrogen) atoms. The number of carbonyl (C=O) groups excluding carboxylic acids is 3. The first-order valence-corrected chi connectivity index (χ1v) is 12.6. The Hall–Kier alpha value is -2.41. The molecule has 1 aliphatic carbocycles. The van der Waals surface area contributed by atoms with Crippen LogP contribution in [0.5, 0.6) is 0 Å². The van der Waals surface area contributed by atoms with Crippen molar-refractivity contribution in [2.75, 3.05) is 19.6 Å². The Kier molecular flexibility index (Phi) is 7.37. The van der Waals surface area contributed by atoms with Gasteiger partial charge in [0.15, 0.2) is 0 Å². The van der Waals surface area contributed by atoms with Crippen molar-refractivity contribution in [3.05, 3.63) is 35.4 Å². The minimum absolute atomic E-state index is 0.227. The quantitative estimate of drug-likeness (QED) is 0.619. The van der Waals surface area contributed by atoms with E-state index in [0.717, 1.165) is 55.3 Å². The molecule has 3 fully saturated rings. The second-order valence-corrected chi connectivity index (χ2v) is 10.3. The number of rotatable bonds is 7. The van der Waals surface area contributed by atoms with Crippen LogP contribution in [0.15, 0.2) is 24.3 Å². The van der Waals surface area contributed by atoms with Gasteiger partial charge in [0, 0.05) is 13.1 Å². The first kappa shape index (κ1) is 23.7. The highest BCUT2D eigenvalue weighted by molar-refractivity contribution is 6.09. The molecule has 0 aromatic heterocycles. The molecule has 1 spiro atoms. The number of hydrogen-bond donors (Lipinski definition) is 2. The van der Waals surface area contributed by atoms with Crippen LogP contribution in [0.3, 0.4) is 0 Å². The van der Waals surface area contributed by atoms with Gasteiger partial charge < -0.3 is 10.6 Å². The van der Waals surface area contributed by atoms with Gasteiger partial charge in [-0.2, -0.15) is 0 Å². The van der Waals surface area contributed by atoms with E-state index in [0.29, 0.717) is 25.3 Å². The lowest BCUT2D eigenvalue weighted by atomic mass is 9.75. The molecule has 2 aliphatic heterocycles. The van der Waals surface area contributed by atoms with E-state index in [9.17, 15) is 14.4 Å². The summed E-state index contributed by atoms with van der Waals surface area (Å²) in [5.74, 6) is 0.890. The van der Waals surface area contributed by atoms with Crippen molar-refractivity contribution in [3.63, 3.8) is 0 Å². The fraction of sp³-hybridized carbons (Fsp3) is 0.654. The molecule has 0 unspecified atom stereocenters. The molecular formula is C26H38N4O3. The predicted molar refractivity (Wildman–Crippen MR) is 127 cm³/mol. The molecule has 2 N–H and O–H groups in total. The summed E-state index contributed by atoms with van der Waals surface area (Å²) in [7, 11) is 0. The van der Waals surface area contributed by atoms with E-state index >= 15 is 0 Å². The third kappa shape index (κ3) is 5.57. The summed E-state index contributed by atoms with van der Waals surface area (Å²) in [5, 5.41) is 5.75. The highest BCUT2D eigenvalue weighted by Gasteiger charge is 2.52. The number of urea groups is 1. The standard InChI is InChI=1S/C26H38N4O3/c1-3-20-8-12-26(13-9-20)24(32)30(25(33)28-26)18-23(31)27-16-21-4-6-22(7-5-21)17-29-14-10-19(2)11-15-29/h4-7,19-20H,3,8-18H2,1-2H3,(H,27,31)(H,28,33). The Labute approximate surface area is 197 Å². The number of carbonyl (C=O) groups is 3. The van der Waals surface area contributed by atoms with Gasteiger partial charge in [0.1, 0.15) is 12.1 Å². The second-order valence-electron chi connectivity index (χ2n) is 10.3. The number of nitrogens with one attached hydrogen (secondary N) is 2. The van der Waals surface area contributed by atoms with Gasteiger partial charge in [-0.1, -0.05) is 44.5 Å². The molecule has 4 rings (SSSR count). The summed E-state index contributed by atoms with van der Waals surface area (Å²) >= 11 is 0. The van der Waals surface area contributed by atoms with Crippen molar-refractivity contribution in [1.82, 2.24) is 20.4 Å². The largest absolute Gasteiger partial charge is 0.350 e. The highest BCUT2D eigenvalue weighted by atomic mass is 16.2. The molecule has 3 aliphatic rings. The lowest BCUT2D eigenvalue weighted by Crippen LogP contribution is -2.50. The van der Waals surface area contributed by atoms with Gasteiger partial charge in [-0.25, -0.2) is 4.79 Å². The van der Waals surface area contributed by atoms with Crippen LogP contribution < -0.4 is 10.6 Å². The summed E-state index contributed by atoms with van der Waals surface area (Å²) in [5.41, 5.74) is 1.48. The summed E-state index contributed by atoms with van der Waals surface area (Å²) in [6, 6.07) is 7.87. The molecule has 0 atom stereocenters. The zero-order valence-corrected chi connectivity index (χ0v) is 20.1. The van der Waals surface area contributed by atoms with E-state index in [1.807, 2.05) is 12.1 Å². The van der Waals surface area contributed by atoms with Gasteiger partial charge in [-0.05, 0) is 74.6 Å². The maximum atomic E-state index is 13.0. The molecule has 1 aromatic rings. The molecule has 4 amide bonds. The maximum absolute atomic E-state index is 13.0. The average Bonchev–Trinajstić information content (AvgIpc) is 3.04. The fourth-order valence-electron chi connectivity index (χ4n) is 5.38. The molecule has 0 radical (unpaired) electrons. The van der Waals surface area contributed by atoms with E-state index in [4.69, 9.17) is 0 Å². The summed E-state index contributed by atoms with van der Waals surface area (Å²) < 4.78 is 0. The summed E-state index contributed by atoms with van der Waals surface area (Å²) in [4.78, 5) is 41.5. The molecule has 1 aromatic carbocycles. The van der Waals surface area contributed by atoms with E-state index in [1.165, 1.54) is 18.4 Å². The summed E-state index contributed by atoms with van der Waals surface area (Å²) in [6.07, 6.45) is 6.84. The Balaban J connectivity index is 1.24. The average molecular weight is 455 g/mol. The zero-order chi connectivity index (χ0) is 23.4. The number of imide groups is 1. The summed E-state index contributed by atoms with van der Waals surface area (Å²) in [6.45, 7) is 7.91. The monoisotopic (exact) mass is 454 g/mol. The third-order valence-electron chi connectivity index (χ3n) is 7.88. The molecule has 2 heterocycles. The van der Waals surface area contributed by atoms with Crippen LogP contribution in [0, 0.1) is 11.8 Å². The van der Waals surface area contributed by atoms with Gasteiger partial charge in [0.2, 0.25) is 5.91 Å². The van der Waals surface area contributed by atoms with Gasteiger partial charge in [0.05, 0.1) is 0 Å². The first-order chi connectivity index (χ1) is 15.9. The van der Waals surface area contributed by atoms with E-state index in [1.54, 1.807) is 0 Å². The number of hydrogen-bond acceptors (Lipinski definition) is 4. The first-order valence-electron chi connectivity index (χ1n) is 12.6. The molecule has 7 heteroatoms. The van der Waals surface area contributed by atoms with Gasteiger partial charge in [-0.3, -0.25) is 19.4 Å².